The molecule has 0 aliphatic carbocycles. The molecule has 2 N–H and O–H groups in total. The van der Waals surface area contributed by atoms with E-state index in [0.717, 1.165) is 0 Å². The topological polar surface area (TPSA) is 70.0 Å². The number of ether oxygens (including phenoxy) is 1. The summed E-state index contributed by atoms with van der Waals surface area (Å²) in [6.45, 7) is 3.41. The van der Waals surface area contributed by atoms with Gasteiger partial charge in [-0.25, -0.2) is 0 Å². The molecule has 94 valence electrons. The second kappa shape index (κ2) is 6.10. The quantitative estimate of drug-likeness (QED) is 0.758. The van der Waals surface area contributed by atoms with E-state index in [1.807, 2.05) is 6.92 Å². The lowest BCUT2D eigenvalue weighted by molar-refractivity contribution is 0.0709. The summed E-state index contributed by atoms with van der Waals surface area (Å²) in [7, 11) is 1.64. The molecule has 0 saturated heterocycles. The van der Waals surface area contributed by atoms with Crippen LogP contribution in [0.3, 0.4) is 0 Å². The standard InChI is InChI=1S/C12H17NO4/c1-3-17-5-4-13(2)12(16)9-6-10(14)8-11(15)7-9/h6-8,14-15H,3-5H2,1-2H3. The second-order valence-corrected chi connectivity index (χ2v) is 3.66. The van der Waals surface area contributed by atoms with Crippen molar-refractivity contribution in [1.82, 2.24) is 4.90 Å². The summed E-state index contributed by atoms with van der Waals surface area (Å²) >= 11 is 0. The van der Waals surface area contributed by atoms with Crippen LogP contribution in [-0.4, -0.2) is 47.8 Å². The molecule has 0 bridgehead atoms. The third kappa shape index (κ3) is 3.96. The van der Waals surface area contributed by atoms with Crippen molar-refractivity contribution in [3.05, 3.63) is 23.8 Å². The van der Waals surface area contributed by atoms with Gasteiger partial charge in [0.15, 0.2) is 0 Å². The number of nitrogens with zero attached hydrogens (tertiary/aromatic N) is 1. The van der Waals surface area contributed by atoms with Crippen molar-refractivity contribution in [2.75, 3.05) is 26.8 Å². The molecule has 0 unspecified atom stereocenters. The molecule has 0 aromatic heterocycles. The monoisotopic (exact) mass is 239 g/mol. The lowest BCUT2D eigenvalue weighted by Gasteiger charge is -2.17. The third-order valence-corrected chi connectivity index (χ3v) is 2.27. The van der Waals surface area contributed by atoms with E-state index in [9.17, 15) is 15.0 Å². The zero-order valence-electron chi connectivity index (χ0n) is 10.0. The molecule has 0 aliphatic rings. The highest BCUT2D eigenvalue weighted by molar-refractivity contribution is 5.94. The zero-order chi connectivity index (χ0) is 12.8. The van der Waals surface area contributed by atoms with Gasteiger partial charge in [0.25, 0.3) is 5.91 Å². The first-order chi connectivity index (χ1) is 8.04. The van der Waals surface area contributed by atoms with Crippen LogP contribution < -0.4 is 0 Å². The van der Waals surface area contributed by atoms with Crippen LogP contribution in [0.1, 0.15) is 17.3 Å². The van der Waals surface area contributed by atoms with Crippen molar-refractivity contribution in [3.8, 4) is 11.5 Å². The van der Waals surface area contributed by atoms with Gasteiger partial charge in [0.1, 0.15) is 11.5 Å². The molecule has 0 saturated carbocycles. The first-order valence-electron chi connectivity index (χ1n) is 5.40. The van der Waals surface area contributed by atoms with Gasteiger partial charge in [0, 0.05) is 31.8 Å². The Balaban J connectivity index is 2.68. The first-order valence-corrected chi connectivity index (χ1v) is 5.40. The number of hydrogen-bond donors (Lipinski definition) is 2. The fraction of sp³-hybridized carbons (Fsp3) is 0.417. The van der Waals surface area contributed by atoms with Gasteiger partial charge in [-0.3, -0.25) is 4.79 Å². The summed E-state index contributed by atoms with van der Waals surface area (Å²) in [4.78, 5) is 13.4. The second-order valence-electron chi connectivity index (χ2n) is 3.66. The maximum Gasteiger partial charge on any atom is 0.253 e. The van der Waals surface area contributed by atoms with Crippen LogP contribution in [0.2, 0.25) is 0 Å². The number of amides is 1. The molecule has 5 nitrogen and oxygen atoms in total. The number of hydrogen-bond acceptors (Lipinski definition) is 4. The summed E-state index contributed by atoms with van der Waals surface area (Å²) in [5, 5.41) is 18.6. The number of carbonyl (C=O) groups is 1. The average molecular weight is 239 g/mol. The Hall–Kier alpha value is -1.75. The predicted molar refractivity (Wildman–Crippen MR) is 63.2 cm³/mol. The molecule has 0 atom stereocenters. The molecule has 0 heterocycles. The van der Waals surface area contributed by atoms with Crippen LogP contribution in [0.25, 0.3) is 0 Å². The average Bonchev–Trinajstić information content (AvgIpc) is 2.27. The molecule has 5 heteroatoms. The Morgan fingerprint density at radius 1 is 1.29 bits per heavy atom. The molecule has 0 aliphatic heterocycles. The van der Waals surface area contributed by atoms with E-state index in [1.165, 1.54) is 23.1 Å². The molecule has 1 aromatic rings. The van der Waals surface area contributed by atoms with Crippen LogP contribution in [0.15, 0.2) is 18.2 Å². The third-order valence-electron chi connectivity index (χ3n) is 2.27. The molecular weight excluding hydrogens is 222 g/mol. The van der Waals surface area contributed by atoms with E-state index in [4.69, 9.17) is 4.74 Å². The van der Waals surface area contributed by atoms with Crippen LogP contribution in [0.4, 0.5) is 0 Å². The van der Waals surface area contributed by atoms with Crippen LogP contribution in [0.5, 0.6) is 11.5 Å². The Bertz CT molecular complexity index is 372. The number of phenols is 2. The van der Waals surface area contributed by atoms with Crippen molar-refractivity contribution in [1.29, 1.82) is 0 Å². The van der Waals surface area contributed by atoms with Gasteiger partial charge in [-0.2, -0.15) is 0 Å². The Morgan fingerprint density at radius 2 is 1.88 bits per heavy atom. The van der Waals surface area contributed by atoms with Gasteiger partial charge >= 0.3 is 0 Å². The van der Waals surface area contributed by atoms with E-state index in [2.05, 4.69) is 0 Å². The van der Waals surface area contributed by atoms with Crippen LogP contribution in [-0.2, 0) is 4.74 Å². The minimum atomic E-state index is -0.268. The minimum absolute atomic E-state index is 0.133. The van der Waals surface area contributed by atoms with E-state index in [1.54, 1.807) is 7.05 Å². The van der Waals surface area contributed by atoms with Gasteiger partial charge in [-0.1, -0.05) is 0 Å². The summed E-state index contributed by atoms with van der Waals surface area (Å²) in [6.07, 6.45) is 0. The maximum absolute atomic E-state index is 11.9. The number of carbonyl (C=O) groups excluding carboxylic acids is 1. The Labute approximate surface area is 100 Å². The predicted octanol–water partition coefficient (Wildman–Crippen LogP) is 1.21. The lowest BCUT2D eigenvalue weighted by Crippen LogP contribution is -2.30. The van der Waals surface area contributed by atoms with E-state index < -0.39 is 0 Å². The number of aromatic hydroxyl groups is 2. The summed E-state index contributed by atoms with van der Waals surface area (Å²) in [5.41, 5.74) is 0.251. The normalized spacial score (nSPS) is 10.2. The molecule has 0 spiro atoms. The molecule has 1 rings (SSSR count). The zero-order valence-corrected chi connectivity index (χ0v) is 10.0. The highest BCUT2D eigenvalue weighted by atomic mass is 16.5. The minimum Gasteiger partial charge on any atom is -0.508 e. The Kier molecular flexibility index (Phi) is 4.78. The number of likely N-dealkylation sites (N-methyl/N-ethyl adjacent to an activating group) is 1. The Morgan fingerprint density at radius 3 is 2.41 bits per heavy atom. The van der Waals surface area contributed by atoms with Crippen LogP contribution in [0, 0.1) is 0 Å². The van der Waals surface area contributed by atoms with Gasteiger partial charge in [-0.05, 0) is 19.1 Å². The lowest BCUT2D eigenvalue weighted by atomic mass is 10.2. The van der Waals surface area contributed by atoms with Crippen molar-refractivity contribution in [2.45, 2.75) is 6.92 Å². The smallest absolute Gasteiger partial charge is 0.253 e. The van der Waals surface area contributed by atoms with Crippen molar-refractivity contribution < 1.29 is 19.7 Å². The molecular formula is C12H17NO4. The molecule has 0 radical (unpaired) electrons. The van der Waals surface area contributed by atoms with Gasteiger partial charge < -0.3 is 19.8 Å². The SMILES string of the molecule is CCOCCN(C)C(=O)c1cc(O)cc(O)c1. The summed E-state index contributed by atoms with van der Waals surface area (Å²) in [5.74, 6) is -0.533. The fourth-order valence-electron chi connectivity index (χ4n) is 1.39. The van der Waals surface area contributed by atoms with Gasteiger partial charge in [0.05, 0.1) is 6.61 Å². The highest BCUT2D eigenvalue weighted by Gasteiger charge is 2.13. The highest BCUT2D eigenvalue weighted by Crippen LogP contribution is 2.21. The maximum atomic E-state index is 11.9. The molecule has 17 heavy (non-hydrogen) atoms. The molecule has 1 amide bonds. The van der Waals surface area contributed by atoms with E-state index >= 15 is 0 Å². The van der Waals surface area contributed by atoms with Crippen molar-refractivity contribution in [3.63, 3.8) is 0 Å². The summed E-state index contributed by atoms with van der Waals surface area (Å²) < 4.78 is 5.14. The van der Waals surface area contributed by atoms with Crippen LogP contribution >= 0.6 is 0 Å². The van der Waals surface area contributed by atoms with Crippen molar-refractivity contribution in [2.24, 2.45) is 0 Å². The number of benzene rings is 1. The summed E-state index contributed by atoms with van der Waals surface area (Å²) in [6, 6.07) is 3.81. The van der Waals surface area contributed by atoms with Gasteiger partial charge in [-0.15, -0.1) is 0 Å². The number of rotatable bonds is 5. The van der Waals surface area contributed by atoms with Gasteiger partial charge in [0.2, 0.25) is 0 Å². The van der Waals surface area contributed by atoms with E-state index in [-0.39, 0.29) is 23.0 Å². The largest absolute Gasteiger partial charge is 0.508 e. The molecule has 1 aromatic carbocycles. The fourth-order valence-corrected chi connectivity index (χ4v) is 1.39. The van der Waals surface area contributed by atoms with E-state index in [0.29, 0.717) is 19.8 Å². The number of phenolic OH excluding ortho intramolecular Hbond substituents is 2. The first kappa shape index (κ1) is 13.3. The van der Waals surface area contributed by atoms with Crippen molar-refractivity contribution >= 4 is 5.91 Å². The molecule has 0 fully saturated rings.